The lowest BCUT2D eigenvalue weighted by Gasteiger charge is -2.39. The van der Waals surface area contributed by atoms with E-state index in [2.05, 4.69) is 36.0 Å². The van der Waals surface area contributed by atoms with Gasteiger partial charge in [0, 0.05) is 50.4 Å². The number of imidazole rings is 1. The molecule has 3 heterocycles. The van der Waals surface area contributed by atoms with Gasteiger partial charge in [-0.2, -0.15) is 0 Å². The summed E-state index contributed by atoms with van der Waals surface area (Å²) in [6.07, 6.45) is 6.59. The molecule has 1 aliphatic heterocycles. The topological polar surface area (TPSA) is 89.3 Å². The molecule has 2 aliphatic rings. The summed E-state index contributed by atoms with van der Waals surface area (Å²) in [5.74, 6) is 0.459. The number of hydrogen-bond acceptors (Lipinski definition) is 5. The number of carbonyl (C=O) groups is 2. The van der Waals surface area contributed by atoms with Crippen LogP contribution >= 0.6 is 0 Å². The molecule has 1 saturated heterocycles. The summed E-state index contributed by atoms with van der Waals surface area (Å²) in [5, 5.41) is 2.86. The minimum absolute atomic E-state index is 0.00598. The van der Waals surface area contributed by atoms with E-state index in [1.165, 1.54) is 7.11 Å². The maximum atomic E-state index is 14.2. The Morgan fingerprint density at radius 2 is 1.91 bits per heavy atom. The standard InChI is InChI=1S/C27H33N5O3/c1-26(2)12-19-13-27(3,15-26)16-32(19)25(34)20-10-18(29-22(33)14-35-5)11-21-23(20)31(4)24(30-21)17-6-8-28-9-7-17/h6-11,19H,12-16H2,1-5H3,(H,29,33). The first-order chi connectivity index (χ1) is 16.6. The minimum atomic E-state index is -0.276. The lowest BCUT2D eigenvalue weighted by atomic mass is 9.65. The maximum absolute atomic E-state index is 14.2. The predicted molar refractivity (Wildman–Crippen MR) is 135 cm³/mol. The Morgan fingerprint density at radius 3 is 2.63 bits per heavy atom. The lowest BCUT2D eigenvalue weighted by molar-refractivity contribution is -0.119. The van der Waals surface area contributed by atoms with Crippen LogP contribution in [0.4, 0.5) is 5.69 Å². The van der Waals surface area contributed by atoms with Crippen LogP contribution in [-0.4, -0.2) is 57.6 Å². The van der Waals surface area contributed by atoms with Crippen LogP contribution in [0.15, 0.2) is 36.7 Å². The zero-order chi connectivity index (χ0) is 25.0. The van der Waals surface area contributed by atoms with Crippen LogP contribution in [0.5, 0.6) is 0 Å². The Morgan fingerprint density at radius 1 is 1.17 bits per heavy atom. The van der Waals surface area contributed by atoms with E-state index in [0.29, 0.717) is 16.8 Å². The van der Waals surface area contributed by atoms with E-state index in [1.54, 1.807) is 18.5 Å². The summed E-state index contributed by atoms with van der Waals surface area (Å²) in [6, 6.07) is 7.61. The molecule has 1 aliphatic carbocycles. The molecular formula is C27H33N5O3. The fourth-order valence-electron chi connectivity index (χ4n) is 6.53. The van der Waals surface area contributed by atoms with E-state index < -0.39 is 0 Å². The molecule has 3 aromatic rings. The van der Waals surface area contributed by atoms with Gasteiger partial charge in [0.15, 0.2) is 0 Å². The number of aryl methyl sites for hydroxylation is 1. The Labute approximate surface area is 205 Å². The third kappa shape index (κ3) is 4.31. The van der Waals surface area contributed by atoms with Crippen LogP contribution in [0.25, 0.3) is 22.4 Å². The fraction of sp³-hybridized carbons (Fsp3) is 0.481. The molecule has 2 bridgehead atoms. The Bertz CT molecular complexity index is 1300. The summed E-state index contributed by atoms with van der Waals surface area (Å²) in [7, 11) is 3.41. The van der Waals surface area contributed by atoms with Gasteiger partial charge in [-0.25, -0.2) is 4.98 Å². The number of ether oxygens (including phenoxy) is 1. The third-order valence-electron chi connectivity index (χ3n) is 7.37. The molecule has 8 nitrogen and oxygen atoms in total. The number of amides is 2. The molecule has 184 valence electrons. The summed E-state index contributed by atoms with van der Waals surface area (Å²) in [4.78, 5) is 37.5. The number of benzene rings is 1. The Hall–Kier alpha value is -3.26. The van der Waals surface area contributed by atoms with Crippen molar-refractivity contribution in [2.75, 3.05) is 25.6 Å². The molecule has 8 heteroatoms. The smallest absolute Gasteiger partial charge is 0.256 e. The Kier molecular flexibility index (Phi) is 5.67. The number of pyridine rings is 1. The van der Waals surface area contributed by atoms with Gasteiger partial charge in [-0.15, -0.1) is 0 Å². The molecule has 35 heavy (non-hydrogen) atoms. The van der Waals surface area contributed by atoms with Crippen molar-refractivity contribution in [1.82, 2.24) is 19.4 Å². The van der Waals surface area contributed by atoms with Gasteiger partial charge in [0.1, 0.15) is 12.4 Å². The predicted octanol–water partition coefficient (Wildman–Crippen LogP) is 4.26. The van der Waals surface area contributed by atoms with Crippen LogP contribution < -0.4 is 5.32 Å². The second-order valence-electron chi connectivity index (χ2n) is 11.2. The third-order valence-corrected chi connectivity index (χ3v) is 7.37. The zero-order valence-corrected chi connectivity index (χ0v) is 21.1. The largest absolute Gasteiger partial charge is 0.375 e. The average Bonchev–Trinajstić information content (AvgIpc) is 3.25. The minimum Gasteiger partial charge on any atom is -0.375 e. The number of hydrogen-bond donors (Lipinski definition) is 1. The summed E-state index contributed by atoms with van der Waals surface area (Å²) < 4.78 is 6.93. The van der Waals surface area contributed by atoms with Crippen molar-refractivity contribution < 1.29 is 14.3 Å². The Balaban J connectivity index is 1.62. The highest BCUT2D eigenvalue weighted by molar-refractivity contribution is 6.08. The molecule has 1 saturated carbocycles. The van der Waals surface area contributed by atoms with E-state index in [-0.39, 0.29) is 35.3 Å². The van der Waals surface area contributed by atoms with E-state index in [9.17, 15) is 9.59 Å². The molecule has 2 unspecified atom stereocenters. The first-order valence-corrected chi connectivity index (χ1v) is 12.1. The monoisotopic (exact) mass is 475 g/mol. The maximum Gasteiger partial charge on any atom is 0.256 e. The van der Waals surface area contributed by atoms with Crippen molar-refractivity contribution >= 4 is 28.5 Å². The van der Waals surface area contributed by atoms with Crippen LogP contribution in [0.3, 0.4) is 0 Å². The second kappa shape index (κ2) is 8.45. The van der Waals surface area contributed by atoms with Gasteiger partial charge >= 0.3 is 0 Å². The van der Waals surface area contributed by atoms with Crippen molar-refractivity contribution in [3.05, 3.63) is 42.2 Å². The van der Waals surface area contributed by atoms with Gasteiger partial charge in [0.25, 0.3) is 5.91 Å². The molecule has 5 rings (SSSR count). The van der Waals surface area contributed by atoms with Crippen LogP contribution in [0, 0.1) is 10.8 Å². The molecule has 0 spiro atoms. The number of rotatable bonds is 5. The SMILES string of the molecule is COCC(=O)Nc1cc(C(=O)N2CC3(C)CC2CC(C)(C)C3)c2c(c1)nc(-c1ccncc1)n2C. The molecule has 1 aromatic carbocycles. The van der Waals surface area contributed by atoms with Crippen molar-refractivity contribution in [3.8, 4) is 11.4 Å². The van der Waals surface area contributed by atoms with Gasteiger partial charge in [-0.05, 0) is 54.4 Å². The van der Waals surface area contributed by atoms with Gasteiger partial charge in [0.2, 0.25) is 5.91 Å². The molecule has 2 amide bonds. The molecule has 1 N–H and O–H groups in total. The van der Waals surface area contributed by atoms with Crippen molar-refractivity contribution in [2.24, 2.45) is 17.9 Å². The summed E-state index contributed by atoms with van der Waals surface area (Å²) in [5.41, 5.74) is 3.76. The molecule has 0 radical (unpaired) electrons. The molecule has 2 atom stereocenters. The van der Waals surface area contributed by atoms with Crippen LogP contribution in [0.1, 0.15) is 50.4 Å². The second-order valence-corrected chi connectivity index (χ2v) is 11.2. The number of aromatic nitrogens is 3. The van der Waals surface area contributed by atoms with Crippen LogP contribution in [0.2, 0.25) is 0 Å². The van der Waals surface area contributed by atoms with Gasteiger partial charge < -0.3 is 19.5 Å². The summed E-state index contributed by atoms with van der Waals surface area (Å²) >= 11 is 0. The molecule has 2 fully saturated rings. The highest BCUT2D eigenvalue weighted by atomic mass is 16.5. The van der Waals surface area contributed by atoms with E-state index in [1.807, 2.05) is 29.8 Å². The first-order valence-electron chi connectivity index (χ1n) is 12.1. The van der Waals surface area contributed by atoms with Crippen molar-refractivity contribution in [3.63, 3.8) is 0 Å². The van der Waals surface area contributed by atoms with Gasteiger partial charge in [0.05, 0.1) is 16.6 Å². The van der Waals surface area contributed by atoms with Gasteiger partial charge in [-0.3, -0.25) is 14.6 Å². The lowest BCUT2D eigenvalue weighted by Crippen LogP contribution is -2.38. The normalized spacial score (nSPS) is 23.0. The van der Waals surface area contributed by atoms with Crippen molar-refractivity contribution in [2.45, 2.75) is 46.1 Å². The fourth-order valence-corrected chi connectivity index (χ4v) is 6.53. The number of fused-ring (bicyclic) bond motifs is 3. The number of carbonyl (C=O) groups excluding carboxylic acids is 2. The zero-order valence-electron chi connectivity index (χ0n) is 21.1. The van der Waals surface area contributed by atoms with E-state index >= 15 is 0 Å². The average molecular weight is 476 g/mol. The van der Waals surface area contributed by atoms with Crippen LogP contribution in [-0.2, 0) is 16.6 Å². The van der Waals surface area contributed by atoms with Crippen molar-refractivity contribution in [1.29, 1.82) is 0 Å². The first kappa shape index (κ1) is 23.5. The molecule has 2 aromatic heterocycles. The number of likely N-dealkylation sites (tertiary alicyclic amines) is 1. The number of methoxy groups -OCH3 is 1. The highest BCUT2D eigenvalue weighted by Gasteiger charge is 2.51. The number of nitrogens with zero attached hydrogens (tertiary/aromatic N) is 4. The highest BCUT2D eigenvalue weighted by Crippen LogP contribution is 2.53. The van der Waals surface area contributed by atoms with E-state index in [0.717, 1.165) is 42.7 Å². The van der Waals surface area contributed by atoms with E-state index in [4.69, 9.17) is 9.72 Å². The molecular weight excluding hydrogens is 442 g/mol. The summed E-state index contributed by atoms with van der Waals surface area (Å²) in [6.45, 7) is 7.59. The number of nitrogens with one attached hydrogen (secondary N) is 1. The van der Waals surface area contributed by atoms with Gasteiger partial charge in [-0.1, -0.05) is 20.8 Å². The number of anilines is 1. The quantitative estimate of drug-likeness (QED) is 0.596.